The molecule has 0 N–H and O–H groups in total. The van der Waals surface area contributed by atoms with Crippen molar-refractivity contribution in [2.75, 3.05) is 0 Å². The lowest BCUT2D eigenvalue weighted by atomic mass is 10.1. The molecule has 0 fully saturated rings. The number of nitrogens with zero attached hydrogens (tertiary/aromatic N) is 1. The molecule has 0 spiro atoms. The highest BCUT2D eigenvalue weighted by atomic mass is 35.5. The van der Waals surface area contributed by atoms with Gasteiger partial charge in [-0.1, -0.05) is 29.3 Å². The van der Waals surface area contributed by atoms with E-state index in [1.165, 1.54) is 0 Å². The van der Waals surface area contributed by atoms with Crippen molar-refractivity contribution in [1.29, 1.82) is 5.26 Å². The molecule has 0 saturated carbocycles. The van der Waals surface area contributed by atoms with Crippen LogP contribution in [0.2, 0.25) is 10.0 Å². The number of aryl methyl sites for hydroxylation is 2. The van der Waals surface area contributed by atoms with Gasteiger partial charge in [0.1, 0.15) is 23.1 Å². The summed E-state index contributed by atoms with van der Waals surface area (Å²) in [4.78, 5) is 0. The summed E-state index contributed by atoms with van der Waals surface area (Å²) >= 11 is 12.0. The van der Waals surface area contributed by atoms with E-state index in [0.717, 1.165) is 11.1 Å². The SMILES string of the molecule is Cc1cc(Cl)cc(C)c1Oc1cccc(Cl)c1C#N. The van der Waals surface area contributed by atoms with Gasteiger partial charge in [0.2, 0.25) is 0 Å². The van der Waals surface area contributed by atoms with Crippen LogP contribution < -0.4 is 4.74 Å². The van der Waals surface area contributed by atoms with Gasteiger partial charge in [-0.25, -0.2) is 0 Å². The largest absolute Gasteiger partial charge is 0.455 e. The third-order valence-corrected chi connectivity index (χ3v) is 3.26. The quantitative estimate of drug-likeness (QED) is 0.755. The first-order valence-corrected chi connectivity index (χ1v) is 6.41. The molecule has 0 saturated heterocycles. The predicted molar refractivity (Wildman–Crippen MR) is 77.2 cm³/mol. The molecule has 0 aliphatic carbocycles. The zero-order valence-electron chi connectivity index (χ0n) is 10.5. The smallest absolute Gasteiger partial charge is 0.146 e. The van der Waals surface area contributed by atoms with Crippen LogP contribution in [-0.4, -0.2) is 0 Å². The van der Waals surface area contributed by atoms with Gasteiger partial charge in [0, 0.05) is 5.02 Å². The molecule has 2 nitrogen and oxygen atoms in total. The van der Waals surface area contributed by atoms with E-state index in [4.69, 9.17) is 33.2 Å². The minimum Gasteiger partial charge on any atom is -0.455 e. The van der Waals surface area contributed by atoms with Crippen LogP contribution in [0.1, 0.15) is 16.7 Å². The molecule has 0 amide bonds. The normalized spacial score (nSPS) is 10.1. The lowest BCUT2D eigenvalue weighted by molar-refractivity contribution is 0.473. The van der Waals surface area contributed by atoms with E-state index in [1.54, 1.807) is 18.2 Å². The molecule has 0 unspecified atom stereocenters. The van der Waals surface area contributed by atoms with E-state index in [0.29, 0.717) is 27.1 Å². The minimum atomic E-state index is 0.331. The third-order valence-electron chi connectivity index (χ3n) is 2.72. The first-order valence-electron chi connectivity index (χ1n) is 5.66. The van der Waals surface area contributed by atoms with Crippen molar-refractivity contribution in [3.05, 3.63) is 57.1 Å². The summed E-state index contributed by atoms with van der Waals surface area (Å²) in [5.74, 6) is 1.15. The highest BCUT2D eigenvalue weighted by molar-refractivity contribution is 6.32. The number of hydrogen-bond donors (Lipinski definition) is 0. The molecular formula is C15H11Cl2NO. The Labute approximate surface area is 122 Å². The van der Waals surface area contributed by atoms with E-state index < -0.39 is 0 Å². The van der Waals surface area contributed by atoms with Gasteiger partial charge in [0.05, 0.1) is 5.02 Å². The Balaban J connectivity index is 2.49. The van der Waals surface area contributed by atoms with Crippen molar-refractivity contribution < 1.29 is 4.74 Å². The van der Waals surface area contributed by atoms with Gasteiger partial charge in [-0.3, -0.25) is 0 Å². The predicted octanol–water partition coefficient (Wildman–Crippen LogP) is 5.27. The average molecular weight is 292 g/mol. The van der Waals surface area contributed by atoms with Gasteiger partial charge in [-0.15, -0.1) is 0 Å². The average Bonchev–Trinajstić information content (AvgIpc) is 2.34. The Hall–Kier alpha value is -1.69. The molecule has 0 radical (unpaired) electrons. The number of halogens is 2. The molecule has 19 heavy (non-hydrogen) atoms. The van der Waals surface area contributed by atoms with Crippen LogP contribution >= 0.6 is 23.2 Å². The number of rotatable bonds is 2. The van der Waals surface area contributed by atoms with Crippen LogP contribution in [0.15, 0.2) is 30.3 Å². The Bertz CT molecular complexity index is 651. The van der Waals surface area contributed by atoms with Gasteiger partial charge in [0.15, 0.2) is 0 Å². The fraction of sp³-hybridized carbons (Fsp3) is 0.133. The monoisotopic (exact) mass is 291 g/mol. The van der Waals surface area contributed by atoms with E-state index in [2.05, 4.69) is 6.07 Å². The van der Waals surface area contributed by atoms with Crippen LogP contribution in [0.5, 0.6) is 11.5 Å². The van der Waals surface area contributed by atoms with Crippen molar-refractivity contribution >= 4 is 23.2 Å². The van der Waals surface area contributed by atoms with Gasteiger partial charge in [-0.05, 0) is 49.2 Å². The van der Waals surface area contributed by atoms with Gasteiger partial charge in [-0.2, -0.15) is 5.26 Å². The summed E-state index contributed by atoms with van der Waals surface area (Å²) in [6.45, 7) is 3.82. The fourth-order valence-corrected chi connectivity index (χ4v) is 2.40. The Morgan fingerprint density at radius 1 is 1.11 bits per heavy atom. The Morgan fingerprint density at radius 3 is 2.32 bits per heavy atom. The van der Waals surface area contributed by atoms with Crippen LogP contribution in [-0.2, 0) is 0 Å². The molecule has 2 rings (SSSR count). The van der Waals surface area contributed by atoms with Crippen LogP contribution in [0.4, 0.5) is 0 Å². The molecule has 4 heteroatoms. The molecule has 0 aliphatic heterocycles. The molecule has 2 aromatic carbocycles. The van der Waals surface area contributed by atoms with Crippen LogP contribution in [0, 0.1) is 25.2 Å². The second-order valence-corrected chi connectivity index (χ2v) is 5.04. The van der Waals surface area contributed by atoms with Crippen LogP contribution in [0.3, 0.4) is 0 Å². The standard InChI is InChI=1S/C15H11Cl2NO/c1-9-6-11(16)7-10(2)15(9)19-14-5-3-4-13(17)12(14)8-18/h3-7H,1-2H3. The first-order chi connectivity index (χ1) is 9.02. The van der Waals surface area contributed by atoms with E-state index >= 15 is 0 Å². The van der Waals surface area contributed by atoms with E-state index in [1.807, 2.05) is 26.0 Å². The maximum atomic E-state index is 9.12. The van der Waals surface area contributed by atoms with Gasteiger partial charge in [0.25, 0.3) is 0 Å². The van der Waals surface area contributed by atoms with E-state index in [9.17, 15) is 0 Å². The molecule has 0 aromatic heterocycles. The second kappa shape index (κ2) is 5.52. The molecule has 0 heterocycles. The summed E-state index contributed by atoms with van der Waals surface area (Å²) in [6.07, 6.45) is 0. The summed E-state index contributed by atoms with van der Waals surface area (Å²) in [5, 5.41) is 10.2. The number of ether oxygens (including phenoxy) is 1. The highest BCUT2D eigenvalue weighted by Crippen LogP contribution is 2.34. The van der Waals surface area contributed by atoms with Crippen molar-refractivity contribution in [2.45, 2.75) is 13.8 Å². The van der Waals surface area contributed by atoms with Crippen molar-refractivity contribution in [2.24, 2.45) is 0 Å². The number of hydrogen-bond acceptors (Lipinski definition) is 2. The lowest BCUT2D eigenvalue weighted by Crippen LogP contribution is -1.94. The number of nitriles is 1. The maximum Gasteiger partial charge on any atom is 0.146 e. The lowest BCUT2D eigenvalue weighted by Gasteiger charge is -2.13. The first kappa shape index (κ1) is 13.7. The van der Waals surface area contributed by atoms with Crippen molar-refractivity contribution in [1.82, 2.24) is 0 Å². The zero-order chi connectivity index (χ0) is 14.0. The second-order valence-electron chi connectivity index (χ2n) is 4.20. The third kappa shape index (κ3) is 2.84. The highest BCUT2D eigenvalue weighted by Gasteiger charge is 2.12. The fourth-order valence-electron chi connectivity index (χ4n) is 1.87. The zero-order valence-corrected chi connectivity index (χ0v) is 12.0. The minimum absolute atomic E-state index is 0.331. The molecule has 96 valence electrons. The van der Waals surface area contributed by atoms with Gasteiger partial charge >= 0.3 is 0 Å². The summed E-state index contributed by atoms with van der Waals surface area (Å²) in [7, 11) is 0. The summed E-state index contributed by atoms with van der Waals surface area (Å²) in [5.41, 5.74) is 2.15. The molecular weight excluding hydrogens is 281 g/mol. The Kier molecular flexibility index (Phi) is 3.99. The van der Waals surface area contributed by atoms with E-state index in [-0.39, 0.29) is 0 Å². The van der Waals surface area contributed by atoms with Gasteiger partial charge < -0.3 is 4.74 Å². The summed E-state index contributed by atoms with van der Waals surface area (Å²) in [6, 6.07) is 10.8. The Morgan fingerprint density at radius 2 is 1.74 bits per heavy atom. The molecule has 0 aliphatic rings. The topological polar surface area (TPSA) is 33.0 Å². The summed E-state index contributed by atoms with van der Waals surface area (Å²) < 4.78 is 5.83. The van der Waals surface area contributed by atoms with Crippen molar-refractivity contribution in [3.8, 4) is 17.6 Å². The molecule has 0 atom stereocenters. The molecule has 0 bridgehead atoms. The van der Waals surface area contributed by atoms with Crippen LogP contribution in [0.25, 0.3) is 0 Å². The van der Waals surface area contributed by atoms with Crippen molar-refractivity contribution in [3.63, 3.8) is 0 Å². The molecule has 2 aromatic rings. The number of benzene rings is 2. The maximum absolute atomic E-state index is 9.12.